The summed E-state index contributed by atoms with van der Waals surface area (Å²) in [6.07, 6.45) is -0.852. The van der Waals surface area contributed by atoms with Crippen molar-refractivity contribution in [2.45, 2.75) is 5.92 Å². The summed E-state index contributed by atoms with van der Waals surface area (Å²) >= 11 is 0. The van der Waals surface area contributed by atoms with Crippen LogP contribution in [0.5, 0.6) is 0 Å². The number of carboxylic acids is 1. The van der Waals surface area contributed by atoms with Gasteiger partial charge in [0.2, 0.25) is 29.5 Å². The topological polar surface area (TPSA) is 240 Å². The first-order valence-electron chi connectivity index (χ1n) is 14.0. The summed E-state index contributed by atoms with van der Waals surface area (Å²) in [6.45, 7) is -2.88. The van der Waals surface area contributed by atoms with E-state index in [1.807, 2.05) is 48.5 Å². The molecule has 0 unspecified atom stereocenters. The van der Waals surface area contributed by atoms with Crippen molar-refractivity contribution >= 4 is 41.6 Å². The van der Waals surface area contributed by atoms with Gasteiger partial charge in [0, 0.05) is 19.0 Å². The van der Waals surface area contributed by atoms with Gasteiger partial charge in [0.15, 0.2) is 6.61 Å². The Hall–Kier alpha value is -5.55. The molecule has 17 heteroatoms. The largest absolute Gasteiger partial charge is 0.480 e. The van der Waals surface area contributed by atoms with Gasteiger partial charge in [0.25, 0.3) is 0 Å². The molecule has 6 amide bonds. The molecular weight excluding hydrogens is 608 g/mol. The normalized spacial score (nSPS) is 11.3. The van der Waals surface area contributed by atoms with Crippen LogP contribution >= 0.6 is 0 Å². The van der Waals surface area contributed by atoms with Crippen molar-refractivity contribution < 1.29 is 53.0 Å². The highest BCUT2D eigenvalue weighted by Crippen LogP contribution is 2.44. The van der Waals surface area contributed by atoms with Gasteiger partial charge in [-0.15, -0.1) is 0 Å². The third-order valence-electron chi connectivity index (χ3n) is 6.27. The minimum absolute atomic E-state index is 0.0346. The first-order chi connectivity index (χ1) is 22.1. The zero-order valence-corrected chi connectivity index (χ0v) is 24.6. The standard InChI is InChI=1S/C29H34N6O11/c36-23(11-32-24(37)12-33-25(38)13-34-26(39)15-44-17-28(41)42)30-9-10-31-27(40)16-46-35-29(43)45-14-22-20-7-3-1-5-18(20)19-6-2-4-8-21(19)22/h1-8,22H,9-17H2,(H,30,36)(H,31,40)(H,32,37)(H,33,38)(H,34,39)(H,35,43)(H,41,42). The first-order valence-corrected chi connectivity index (χ1v) is 14.0. The van der Waals surface area contributed by atoms with Crippen molar-refractivity contribution in [3.8, 4) is 11.1 Å². The lowest BCUT2D eigenvalue weighted by atomic mass is 9.98. The van der Waals surface area contributed by atoms with E-state index in [4.69, 9.17) is 14.7 Å². The van der Waals surface area contributed by atoms with Gasteiger partial charge in [-0.05, 0) is 22.3 Å². The van der Waals surface area contributed by atoms with Crippen molar-refractivity contribution in [2.75, 3.05) is 59.2 Å². The molecule has 2 aromatic rings. The molecule has 0 saturated heterocycles. The molecule has 7 N–H and O–H groups in total. The molecule has 17 nitrogen and oxygen atoms in total. The third kappa shape index (κ3) is 11.9. The molecule has 1 aliphatic carbocycles. The predicted molar refractivity (Wildman–Crippen MR) is 158 cm³/mol. The fourth-order valence-corrected chi connectivity index (χ4v) is 4.25. The van der Waals surface area contributed by atoms with Gasteiger partial charge in [-0.25, -0.2) is 9.59 Å². The van der Waals surface area contributed by atoms with E-state index >= 15 is 0 Å². The SMILES string of the molecule is O=C(O)COCC(=O)NCC(=O)NCC(=O)NCC(=O)NCCNC(=O)CONC(=O)OCC1c2ccccc2-c2ccccc21. The molecule has 0 saturated carbocycles. The number of ether oxygens (including phenoxy) is 2. The highest BCUT2D eigenvalue weighted by molar-refractivity contribution is 5.90. The molecule has 2 aromatic carbocycles. The van der Waals surface area contributed by atoms with E-state index in [0.29, 0.717) is 0 Å². The van der Waals surface area contributed by atoms with Crippen LogP contribution in [0.1, 0.15) is 17.0 Å². The summed E-state index contributed by atoms with van der Waals surface area (Å²) in [6, 6.07) is 15.8. The number of aliphatic carboxylic acids is 1. The zero-order valence-electron chi connectivity index (χ0n) is 24.6. The van der Waals surface area contributed by atoms with Crippen LogP contribution in [0.3, 0.4) is 0 Å². The molecular formula is C29H34N6O11. The van der Waals surface area contributed by atoms with Gasteiger partial charge in [-0.1, -0.05) is 48.5 Å². The number of carbonyl (C=O) groups is 7. The number of carboxylic acid groups (broad SMARTS) is 1. The number of nitrogens with one attached hydrogen (secondary N) is 6. The maximum Gasteiger partial charge on any atom is 0.431 e. The molecule has 0 atom stereocenters. The molecule has 246 valence electrons. The van der Waals surface area contributed by atoms with Crippen molar-refractivity contribution in [1.29, 1.82) is 0 Å². The Labute approximate surface area is 262 Å². The average Bonchev–Trinajstić information content (AvgIpc) is 3.36. The molecule has 0 aliphatic heterocycles. The third-order valence-corrected chi connectivity index (χ3v) is 6.27. The van der Waals surface area contributed by atoms with Crippen molar-refractivity contribution in [1.82, 2.24) is 32.1 Å². The van der Waals surface area contributed by atoms with Crippen LogP contribution in [0.2, 0.25) is 0 Å². The Morgan fingerprint density at radius 1 is 0.609 bits per heavy atom. The van der Waals surface area contributed by atoms with Crippen LogP contribution in [0, 0.1) is 0 Å². The van der Waals surface area contributed by atoms with Gasteiger partial charge in [0.05, 0.1) is 19.6 Å². The molecule has 0 spiro atoms. The molecule has 0 fully saturated rings. The highest BCUT2D eigenvalue weighted by Gasteiger charge is 2.29. The Bertz CT molecular complexity index is 1390. The number of fused-ring (bicyclic) bond motifs is 3. The van der Waals surface area contributed by atoms with E-state index in [0.717, 1.165) is 22.3 Å². The van der Waals surface area contributed by atoms with Crippen LogP contribution in [0.25, 0.3) is 11.1 Å². The maximum atomic E-state index is 12.1. The summed E-state index contributed by atoms with van der Waals surface area (Å²) in [5.74, 6) is -4.59. The number of rotatable bonds is 18. The number of amides is 6. The van der Waals surface area contributed by atoms with Crippen molar-refractivity contribution in [3.05, 3.63) is 59.7 Å². The summed E-state index contributed by atoms with van der Waals surface area (Å²) in [5.41, 5.74) is 6.35. The quantitative estimate of drug-likeness (QED) is 0.0703. The molecule has 0 heterocycles. The predicted octanol–water partition coefficient (Wildman–Crippen LogP) is -1.86. The Balaban J connectivity index is 1.18. The highest BCUT2D eigenvalue weighted by atomic mass is 16.7. The lowest BCUT2D eigenvalue weighted by Gasteiger charge is -2.14. The van der Waals surface area contributed by atoms with E-state index in [-0.39, 0.29) is 25.6 Å². The van der Waals surface area contributed by atoms with E-state index in [1.165, 1.54) is 0 Å². The first kappa shape index (κ1) is 34.9. The Morgan fingerprint density at radius 3 is 1.65 bits per heavy atom. The summed E-state index contributed by atoms with van der Waals surface area (Å²) in [4.78, 5) is 85.9. The summed E-state index contributed by atoms with van der Waals surface area (Å²) in [7, 11) is 0. The van der Waals surface area contributed by atoms with Gasteiger partial charge in [-0.2, -0.15) is 5.48 Å². The van der Waals surface area contributed by atoms with Gasteiger partial charge >= 0.3 is 12.1 Å². The van der Waals surface area contributed by atoms with E-state index in [2.05, 4.69) is 36.8 Å². The lowest BCUT2D eigenvalue weighted by molar-refractivity contribution is -0.144. The molecule has 46 heavy (non-hydrogen) atoms. The zero-order chi connectivity index (χ0) is 33.3. The van der Waals surface area contributed by atoms with Crippen LogP contribution in [0.4, 0.5) is 4.79 Å². The fraction of sp³-hybridized carbons (Fsp3) is 0.345. The number of carbonyl (C=O) groups excluding carboxylic acids is 6. The van der Waals surface area contributed by atoms with E-state index in [1.54, 1.807) is 0 Å². The number of hydrogen-bond acceptors (Lipinski definition) is 10. The summed E-state index contributed by atoms with van der Waals surface area (Å²) in [5, 5.41) is 20.0. The molecule has 0 radical (unpaired) electrons. The lowest BCUT2D eigenvalue weighted by Crippen LogP contribution is -2.45. The van der Waals surface area contributed by atoms with Crippen LogP contribution in [-0.2, 0) is 43.1 Å². The molecule has 0 bridgehead atoms. The Kier molecular flexibility index (Phi) is 13.9. The molecule has 1 aliphatic rings. The average molecular weight is 643 g/mol. The second-order valence-electron chi connectivity index (χ2n) is 9.63. The van der Waals surface area contributed by atoms with E-state index in [9.17, 15) is 33.6 Å². The minimum atomic E-state index is -1.25. The fourth-order valence-electron chi connectivity index (χ4n) is 4.25. The van der Waals surface area contributed by atoms with Crippen LogP contribution in [0.15, 0.2) is 48.5 Å². The van der Waals surface area contributed by atoms with Gasteiger partial charge in [-0.3, -0.25) is 28.8 Å². The molecule has 0 aromatic heterocycles. The smallest absolute Gasteiger partial charge is 0.431 e. The summed E-state index contributed by atoms with van der Waals surface area (Å²) < 4.78 is 9.87. The molecule has 3 rings (SSSR count). The van der Waals surface area contributed by atoms with Crippen LogP contribution < -0.4 is 32.1 Å². The minimum Gasteiger partial charge on any atom is -0.480 e. The maximum absolute atomic E-state index is 12.1. The second-order valence-corrected chi connectivity index (χ2v) is 9.63. The van der Waals surface area contributed by atoms with Crippen molar-refractivity contribution in [2.24, 2.45) is 0 Å². The Morgan fingerprint density at radius 2 is 1.09 bits per heavy atom. The van der Waals surface area contributed by atoms with E-state index < -0.39 is 81.1 Å². The van der Waals surface area contributed by atoms with Gasteiger partial charge < -0.3 is 41.2 Å². The second kappa shape index (κ2) is 18.3. The van der Waals surface area contributed by atoms with Gasteiger partial charge in [0.1, 0.15) is 19.8 Å². The van der Waals surface area contributed by atoms with Crippen LogP contribution in [-0.4, -0.2) is 106 Å². The monoisotopic (exact) mass is 642 g/mol. The number of hydroxylamine groups is 1. The number of hydrogen-bond donors (Lipinski definition) is 7. The van der Waals surface area contributed by atoms with Crippen molar-refractivity contribution in [3.63, 3.8) is 0 Å². The number of benzene rings is 2.